The summed E-state index contributed by atoms with van der Waals surface area (Å²) in [7, 11) is 0. The summed E-state index contributed by atoms with van der Waals surface area (Å²) in [6.45, 7) is 5.58. The molecule has 0 fully saturated rings. The predicted molar refractivity (Wildman–Crippen MR) is 90.2 cm³/mol. The van der Waals surface area contributed by atoms with Crippen LogP contribution in [0.1, 0.15) is 30.3 Å². The molecule has 1 atom stereocenters. The molecule has 0 aliphatic carbocycles. The molecule has 0 aliphatic heterocycles. The average Bonchev–Trinajstić information content (AvgIpc) is 2.85. The van der Waals surface area contributed by atoms with Gasteiger partial charge in [0, 0.05) is 14.9 Å². The first-order valence-corrected chi connectivity index (χ1v) is 8.61. The van der Waals surface area contributed by atoms with E-state index in [4.69, 9.17) is 16.3 Å². The molecule has 0 saturated carbocycles. The summed E-state index contributed by atoms with van der Waals surface area (Å²) < 4.78 is 6.79. The van der Waals surface area contributed by atoms with Crippen LogP contribution in [0, 0.1) is 0 Å². The minimum absolute atomic E-state index is 0.0477. The van der Waals surface area contributed by atoms with Gasteiger partial charge in [0.05, 0.1) is 17.7 Å². The smallest absolute Gasteiger partial charge is 0.124 e. The summed E-state index contributed by atoms with van der Waals surface area (Å²) in [5, 5.41) is 6.30. The Kier molecular flexibility index (Phi) is 5.90. The zero-order valence-electron chi connectivity index (χ0n) is 11.5. The highest BCUT2D eigenvalue weighted by atomic mass is 79.9. The monoisotopic (exact) mass is 373 g/mol. The van der Waals surface area contributed by atoms with Crippen molar-refractivity contribution in [2.75, 3.05) is 13.2 Å². The number of nitrogens with one attached hydrogen (secondary N) is 1. The second kappa shape index (κ2) is 7.46. The first-order chi connectivity index (χ1) is 9.67. The molecule has 0 saturated heterocycles. The molecular weight excluding hydrogens is 358 g/mol. The molecule has 2 aromatic rings. The van der Waals surface area contributed by atoms with Crippen LogP contribution >= 0.6 is 38.9 Å². The highest BCUT2D eigenvalue weighted by Gasteiger charge is 2.21. The normalized spacial score (nSPS) is 12.4. The van der Waals surface area contributed by atoms with Crippen molar-refractivity contribution in [2.24, 2.45) is 0 Å². The molecule has 108 valence electrons. The molecule has 1 aromatic carbocycles. The second-order valence-electron chi connectivity index (χ2n) is 4.24. The molecular formula is C15H17BrClNOS. The molecule has 1 aromatic heterocycles. The largest absolute Gasteiger partial charge is 0.494 e. The van der Waals surface area contributed by atoms with Crippen LogP contribution in [0.25, 0.3) is 0 Å². The number of hydrogen-bond donors (Lipinski definition) is 1. The summed E-state index contributed by atoms with van der Waals surface area (Å²) >= 11 is 11.5. The van der Waals surface area contributed by atoms with Crippen molar-refractivity contribution in [3.8, 4) is 5.75 Å². The van der Waals surface area contributed by atoms with E-state index in [0.29, 0.717) is 6.61 Å². The van der Waals surface area contributed by atoms with Crippen LogP contribution in [0.2, 0.25) is 5.02 Å². The van der Waals surface area contributed by atoms with Crippen LogP contribution in [0.5, 0.6) is 5.75 Å². The highest BCUT2D eigenvalue weighted by Crippen LogP contribution is 2.38. The van der Waals surface area contributed by atoms with Crippen molar-refractivity contribution in [3.63, 3.8) is 0 Å². The SMILES string of the molecule is CCNC(c1cc(Br)ccc1OCC)c1sccc1Cl. The molecule has 5 heteroatoms. The lowest BCUT2D eigenvalue weighted by atomic mass is 10.0. The fourth-order valence-electron chi connectivity index (χ4n) is 2.09. The maximum atomic E-state index is 6.31. The summed E-state index contributed by atoms with van der Waals surface area (Å²) in [6.07, 6.45) is 0. The number of benzene rings is 1. The van der Waals surface area contributed by atoms with Gasteiger partial charge in [-0.2, -0.15) is 0 Å². The van der Waals surface area contributed by atoms with Crippen molar-refractivity contribution < 1.29 is 4.74 Å². The Labute approximate surface area is 137 Å². The third-order valence-electron chi connectivity index (χ3n) is 2.90. The minimum atomic E-state index is 0.0477. The van der Waals surface area contributed by atoms with Gasteiger partial charge in [-0.1, -0.05) is 34.5 Å². The lowest BCUT2D eigenvalue weighted by Crippen LogP contribution is -2.22. The molecule has 1 unspecified atom stereocenters. The van der Waals surface area contributed by atoms with Gasteiger partial charge in [0.15, 0.2) is 0 Å². The van der Waals surface area contributed by atoms with E-state index in [1.807, 2.05) is 30.5 Å². The summed E-state index contributed by atoms with van der Waals surface area (Å²) in [4.78, 5) is 1.12. The van der Waals surface area contributed by atoms with Crippen molar-refractivity contribution in [3.05, 3.63) is 49.6 Å². The van der Waals surface area contributed by atoms with Crippen molar-refractivity contribution in [1.82, 2.24) is 5.32 Å². The maximum Gasteiger partial charge on any atom is 0.124 e. The van der Waals surface area contributed by atoms with Gasteiger partial charge in [-0.15, -0.1) is 11.3 Å². The van der Waals surface area contributed by atoms with Gasteiger partial charge in [0.2, 0.25) is 0 Å². The van der Waals surface area contributed by atoms with Crippen LogP contribution in [0.4, 0.5) is 0 Å². The Balaban J connectivity index is 2.48. The van der Waals surface area contributed by atoms with E-state index < -0.39 is 0 Å². The second-order valence-corrected chi connectivity index (χ2v) is 6.51. The minimum Gasteiger partial charge on any atom is -0.494 e. The van der Waals surface area contributed by atoms with E-state index in [2.05, 4.69) is 34.2 Å². The first kappa shape index (κ1) is 15.8. The maximum absolute atomic E-state index is 6.31. The van der Waals surface area contributed by atoms with E-state index in [1.165, 1.54) is 0 Å². The number of hydrogen-bond acceptors (Lipinski definition) is 3. The lowest BCUT2D eigenvalue weighted by molar-refractivity contribution is 0.333. The molecule has 1 N–H and O–H groups in total. The zero-order valence-corrected chi connectivity index (χ0v) is 14.6. The third kappa shape index (κ3) is 3.55. The Morgan fingerprint density at radius 2 is 2.15 bits per heavy atom. The van der Waals surface area contributed by atoms with Crippen LogP contribution < -0.4 is 10.1 Å². The lowest BCUT2D eigenvalue weighted by Gasteiger charge is -2.21. The van der Waals surface area contributed by atoms with Gasteiger partial charge in [-0.25, -0.2) is 0 Å². The van der Waals surface area contributed by atoms with E-state index in [0.717, 1.165) is 32.2 Å². The number of ether oxygens (including phenoxy) is 1. The third-order valence-corrected chi connectivity index (χ3v) is 4.81. The molecule has 1 heterocycles. The topological polar surface area (TPSA) is 21.3 Å². The molecule has 0 amide bonds. The fourth-order valence-corrected chi connectivity index (χ4v) is 3.73. The van der Waals surface area contributed by atoms with Gasteiger partial charge in [-0.05, 0) is 43.1 Å². The van der Waals surface area contributed by atoms with Gasteiger partial charge >= 0.3 is 0 Å². The first-order valence-electron chi connectivity index (χ1n) is 6.55. The molecule has 0 radical (unpaired) electrons. The van der Waals surface area contributed by atoms with E-state index in [-0.39, 0.29) is 6.04 Å². The van der Waals surface area contributed by atoms with E-state index in [9.17, 15) is 0 Å². The van der Waals surface area contributed by atoms with Crippen LogP contribution in [0.3, 0.4) is 0 Å². The Morgan fingerprint density at radius 3 is 2.75 bits per heavy atom. The quantitative estimate of drug-likeness (QED) is 0.744. The van der Waals surface area contributed by atoms with Crippen molar-refractivity contribution in [2.45, 2.75) is 19.9 Å². The standard InChI is InChI=1S/C15H17BrClNOS/c1-3-18-14(15-12(17)7-8-20-15)11-9-10(16)5-6-13(11)19-4-2/h5-9,14,18H,3-4H2,1-2H3. The molecule has 2 rings (SSSR count). The van der Waals surface area contributed by atoms with Crippen molar-refractivity contribution >= 4 is 38.9 Å². The molecule has 20 heavy (non-hydrogen) atoms. The number of thiophene rings is 1. The molecule has 0 spiro atoms. The molecule has 0 bridgehead atoms. The predicted octanol–water partition coefficient (Wildman–Crippen LogP) is 5.26. The van der Waals surface area contributed by atoms with Crippen LogP contribution in [-0.2, 0) is 0 Å². The summed E-state index contributed by atoms with van der Waals surface area (Å²) in [5.74, 6) is 0.895. The Morgan fingerprint density at radius 1 is 1.35 bits per heavy atom. The Bertz CT molecular complexity index is 573. The number of rotatable bonds is 6. The van der Waals surface area contributed by atoms with E-state index >= 15 is 0 Å². The van der Waals surface area contributed by atoms with Gasteiger partial charge in [0.25, 0.3) is 0 Å². The highest BCUT2D eigenvalue weighted by molar-refractivity contribution is 9.10. The van der Waals surface area contributed by atoms with E-state index in [1.54, 1.807) is 11.3 Å². The average molecular weight is 375 g/mol. The summed E-state index contributed by atoms with van der Waals surface area (Å²) in [5.41, 5.74) is 1.10. The van der Waals surface area contributed by atoms with Crippen LogP contribution in [0.15, 0.2) is 34.1 Å². The molecule has 2 nitrogen and oxygen atoms in total. The zero-order chi connectivity index (χ0) is 14.5. The van der Waals surface area contributed by atoms with Gasteiger partial charge in [-0.3, -0.25) is 0 Å². The Hall–Kier alpha value is -0.550. The van der Waals surface area contributed by atoms with Gasteiger partial charge < -0.3 is 10.1 Å². The van der Waals surface area contributed by atoms with Gasteiger partial charge in [0.1, 0.15) is 5.75 Å². The molecule has 0 aliphatic rings. The van der Waals surface area contributed by atoms with Crippen molar-refractivity contribution in [1.29, 1.82) is 0 Å². The summed E-state index contributed by atoms with van der Waals surface area (Å²) in [6, 6.07) is 8.06. The fraction of sp³-hybridized carbons (Fsp3) is 0.333. The van der Waals surface area contributed by atoms with Crippen LogP contribution in [-0.4, -0.2) is 13.2 Å². The number of halogens is 2.